The first-order valence-corrected chi connectivity index (χ1v) is 35.6. The minimum atomic E-state index is -3.22. The number of benzene rings is 4. The van der Waals surface area contributed by atoms with Gasteiger partial charge in [-0.05, 0) is 169 Å². The van der Waals surface area contributed by atoms with Crippen LogP contribution < -0.4 is 57.4 Å². The van der Waals surface area contributed by atoms with Crippen LogP contribution in [0.15, 0.2) is 132 Å². The van der Waals surface area contributed by atoms with Crippen LogP contribution in [-0.2, 0) is 50.8 Å². The number of carbonyl (C=O) groups is 5. The number of nitrogens with one attached hydrogen (secondary N) is 3. The van der Waals surface area contributed by atoms with E-state index in [0.717, 1.165) is 50.4 Å². The number of nitro benzene ring substituents is 4. The molecule has 6 aromatic rings. The molecule has 0 saturated carbocycles. The quantitative estimate of drug-likeness (QED) is 0.00382. The molecule has 0 saturated heterocycles. The van der Waals surface area contributed by atoms with Gasteiger partial charge in [0.2, 0.25) is 6.41 Å². The normalized spacial score (nSPS) is 11.0. The number of aromatic amines is 1. The number of primary amides is 1. The SMILES string of the molecule is CC(=O)C1=C(N)CC(c2ccc([N+](=O)[O-])cc2)=C1.CCO.CCOC(=N)CC(=O)OCC.CCOC(=O)CC(=N)N.CC[O-].Cl.Cl.NC=O.O=C(CBr)c1ccc([N+](=O)[O-])cc1.O=P(Cl)(Cl)Cl.O=[N+]([O-])c1ccc(C2=Cc3c(Cl)ncnc3C2)cc1.O=c1[nH]cnc2c1C=C(c1ccc([N+](=O)[O-])cc1)C2.[Na+]. The van der Waals surface area contributed by atoms with Gasteiger partial charge in [0.1, 0.15) is 30.2 Å². The Kier molecular flexibility index (Phi) is 55.3. The predicted octanol–water partition coefficient (Wildman–Crippen LogP) is 9.22. The molecule has 570 valence electrons. The molecular formula is C64H74BrCl6N13NaO20P. The van der Waals surface area contributed by atoms with Crippen molar-refractivity contribution < 1.29 is 102 Å². The Morgan fingerprint density at radius 1 is 0.651 bits per heavy atom. The first-order chi connectivity index (χ1) is 48.5. The number of Topliss-reactive ketones (excluding diaryl/α,β-unsaturated/α-hetero) is 2. The van der Waals surface area contributed by atoms with Crippen LogP contribution in [0.5, 0.6) is 0 Å². The van der Waals surface area contributed by atoms with Crippen LogP contribution in [-0.4, -0.2) is 125 Å². The molecule has 2 heterocycles. The van der Waals surface area contributed by atoms with Gasteiger partial charge >= 0.3 is 46.7 Å². The second kappa shape index (κ2) is 56.6. The number of amidine groups is 1. The van der Waals surface area contributed by atoms with E-state index in [4.69, 9.17) is 53.6 Å². The average Bonchev–Trinajstić information content (AvgIpc) is 1.68. The molecule has 9 rings (SSSR count). The van der Waals surface area contributed by atoms with Gasteiger partial charge in [-0.15, -0.1) is 31.4 Å². The number of hydrogen-bond donors (Lipinski definition) is 7. The Labute approximate surface area is 669 Å². The van der Waals surface area contributed by atoms with Gasteiger partial charge in [0.25, 0.3) is 28.3 Å². The number of non-ortho nitro benzene ring substituents is 4. The number of aliphatic hydroxyl groups is 1. The van der Waals surface area contributed by atoms with Gasteiger partial charge in [0.15, 0.2) is 17.5 Å². The van der Waals surface area contributed by atoms with E-state index in [0.29, 0.717) is 66.6 Å². The van der Waals surface area contributed by atoms with Gasteiger partial charge < -0.3 is 46.6 Å². The fourth-order valence-corrected chi connectivity index (χ4v) is 8.45. The minimum Gasteiger partial charge on any atom is -0.855 e. The van der Waals surface area contributed by atoms with Gasteiger partial charge in [0.05, 0.1) is 68.1 Å². The fraction of sp³-hybridized carbons (Fsp3) is 0.266. The molecule has 42 heteroatoms. The van der Waals surface area contributed by atoms with Crippen molar-refractivity contribution >= 4 is 185 Å². The predicted molar refractivity (Wildman–Crippen MR) is 407 cm³/mol. The van der Waals surface area contributed by atoms with E-state index in [1.807, 2.05) is 6.08 Å². The summed E-state index contributed by atoms with van der Waals surface area (Å²) in [7, 11) is 0. The summed E-state index contributed by atoms with van der Waals surface area (Å²) >= 11 is 22.9. The van der Waals surface area contributed by atoms with Crippen LogP contribution in [0.3, 0.4) is 0 Å². The monoisotopic (exact) mass is 1690 g/mol. The zero-order valence-corrected chi connectivity index (χ0v) is 66.8. The smallest absolute Gasteiger partial charge is 0.855 e. The van der Waals surface area contributed by atoms with Gasteiger partial charge in [-0.25, -0.2) is 15.0 Å². The third-order valence-corrected chi connectivity index (χ3v) is 12.9. The molecule has 2 aromatic heterocycles. The molecule has 0 unspecified atom stereocenters. The van der Waals surface area contributed by atoms with Gasteiger partial charge in [-0.1, -0.05) is 34.5 Å². The zero-order valence-electron chi connectivity index (χ0n) is 57.7. The summed E-state index contributed by atoms with van der Waals surface area (Å²) in [5, 5.41) is 69.7. The van der Waals surface area contributed by atoms with Crippen molar-refractivity contribution in [2.24, 2.45) is 17.2 Å². The summed E-state index contributed by atoms with van der Waals surface area (Å²) in [6.45, 7) is 11.3. The number of allylic oxidation sites excluding steroid dienone is 5. The third kappa shape index (κ3) is 41.8. The molecule has 33 nitrogen and oxygen atoms in total. The molecule has 10 N–H and O–H groups in total. The van der Waals surface area contributed by atoms with Crippen molar-refractivity contribution in [3.63, 3.8) is 0 Å². The van der Waals surface area contributed by atoms with Crippen LogP contribution in [0.1, 0.15) is 110 Å². The first-order valence-electron chi connectivity index (χ1n) is 29.7. The van der Waals surface area contributed by atoms with Gasteiger partial charge in [-0.3, -0.25) is 84.6 Å². The number of nitrogens with zero attached hydrogens (tertiary/aromatic N) is 7. The number of alkyl halides is 1. The molecule has 106 heavy (non-hydrogen) atoms. The Morgan fingerprint density at radius 3 is 1.30 bits per heavy atom. The molecule has 1 amide bonds. The van der Waals surface area contributed by atoms with E-state index in [1.54, 1.807) is 83.2 Å². The summed E-state index contributed by atoms with van der Waals surface area (Å²) in [5.74, 6) is -1.20. The number of carbonyl (C=O) groups excluding carboxylic acids is 5. The molecule has 0 atom stereocenters. The number of aliphatic hydroxyl groups excluding tert-OH is 1. The molecule has 0 fully saturated rings. The number of nitrogens with two attached hydrogens (primary N) is 3. The van der Waals surface area contributed by atoms with Crippen molar-refractivity contribution in [3.8, 4) is 0 Å². The number of H-pyrrole nitrogens is 1. The maximum Gasteiger partial charge on any atom is 1.00 e. The summed E-state index contributed by atoms with van der Waals surface area (Å²) in [6.07, 6.45) is 10.1. The van der Waals surface area contributed by atoms with Crippen molar-refractivity contribution in [2.45, 2.75) is 73.6 Å². The fourth-order valence-electron chi connectivity index (χ4n) is 7.92. The topological polar surface area (TPSA) is 543 Å². The molecule has 0 aliphatic heterocycles. The van der Waals surface area contributed by atoms with Gasteiger partial charge in [-0.2, -0.15) is 0 Å². The summed E-state index contributed by atoms with van der Waals surface area (Å²) < 4.78 is 23.3. The number of ether oxygens (including phenoxy) is 3. The Bertz CT molecular complexity index is 4110. The van der Waals surface area contributed by atoms with E-state index >= 15 is 0 Å². The number of halogens is 7. The van der Waals surface area contributed by atoms with Crippen molar-refractivity contribution in [3.05, 3.63) is 228 Å². The number of nitro groups is 4. The van der Waals surface area contributed by atoms with Crippen LogP contribution >= 0.6 is 91.3 Å². The Morgan fingerprint density at radius 2 is 0.991 bits per heavy atom. The minimum absolute atomic E-state index is 0. The maximum atomic E-state index is 11.6. The standard InChI is InChI=1S/C13H8ClN3O2.C13H9N3O3.C13H12N2O3.C8H6BrNO3.C7H13NO3.C5H10N2O2.C2H6O.C2H5O.CH3NO.Cl3OP.2ClH.Na/c14-13-11-5-9(6-12(11)15-7-16-13)8-1-3-10(4-2-8)17(18)19;17-13-11-5-9(6-12(11)14-7-15-13)8-1-3-10(4-2-8)16(18)19;1-8(16)12-6-10(7-13(12)14)9-2-4-11(5-3-9)15(17)18;9-5-8(11)6-1-3-7(4-2-6)10(12)13;1-3-10-6(8)5-7(9)11-4-2;1-2-9-5(8)3-4(6)7;2*1-2-3;2-1-3;1-5(2,3)4;;;/h1-5,7H,6H2;1-5,7H,6H2,(H,14,15,17);2-6H,7,14H2,1H3;1-4H,5H2;8H,3-5H2,1-2H3;2-3H2,1H3,(H3,6,7);3H,2H2,1H3;2H2,1H3;1H,(H2,2,3);;2*1H;/q;;;;;;;-1;;;;;+1. The summed E-state index contributed by atoms with van der Waals surface area (Å²) in [6, 6.07) is 24.5. The number of ketones is 2. The Balaban J connectivity index is -0.000000573. The average molecular weight is 1690 g/mol. The molecule has 0 radical (unpaired) electrons. The number of esters is 2. The summed E-state index contributed by atoms with van der Waals surface area (Å²) in [5.41, 5.74) is 25.0. The van der Waals surface area contributed by atoms with Crippen LogP contribution in [0, 0.1) is 51.3 Å². The van der Waals surface area contributed by atoms with E-state index in [-0.39, 0.29) is 144 Å². The second-order valence-corrected chi connectivity index (χ2v) is 27.0. The largest absolute Gasteiger partial charge is 1.00 e. The van der Waals surface area contributed by atoms with Crippen molar-refractivity contribution in [1.82, 2.24) is 19.9 Å². The van der Waals surface area contributed by atoms with E-state index in [1.165, 1.54) is 80.2 Å². The number of rotatable bonds is 17. The second-order valence-electron chi connectivity index (χ2n) is 19.4. The van der Waals surface area contributed by atoms with Gasteiger partial charge in [0, 0.05) is 96.8 Å². The van der Waals surface area contributed by atoms with Crippen LogP contribution in [0.4, 0.5) is 22.7 Å². The van der Waals surface area contributed by atoms with Crippen molar-refractivity contribution in [1.29, 1.82) is 10.8 Å². The molecule has 4 aromatic carbocycles. The Hall–Kier alpha value is -8.74. The number of aromatic nitrogens is 4. The van der Waals surface area contributed by atoms with Crippen LogP contribution in [0.2, 0.25) is 5.15 Å². The van der Waals surface area contributed by atoms with Crippen molar-refractivity contribution in [2.75, 3.05) is 38.4 Å². The number of hydrogen-bond acceptors (Lipinski definition) is 26. The summed E-state index contributed by atoms with van der Waals surface area (Å²) in [4.78, 5) is 119. The molecular weight excluding hydrogens is 1620 g/mol. The van der Waals surface area contributed by atoms with Crippen LogP contribution in [0.25, 0.3) is 28.9 Å². The first kappa shape index (κ1) is 104. The maximum absolute atomic E-state index is 11.6. The number of fused-ring (bicyclic) bond motifs is 2. The molecule has 0 spiro atoms. The van der Waals surface area contributed by atoms with E-state index < -0.39 is 36.8 Å². The molecule has 0 bridgehead atoms. The zero-order chi connectivity index (χ0) is 78.5. The van der Waals surface area contributed by atoms with E-state index in [2.05, 4.69) is 84.8 Å². The number of amides is 1. The molecule has 3 aliphatic rings. The van der Waals surface area contributed by atoms with E-state index in [9.17, 15) is 69.0 Å². The molecule has 3 aliphatic carbocycles. The third-order valence-electron chi connectivity index (χ3n) is 12.1.